The van der Waals surface area contributed by atoms with Gasteiger partial charge in [-0.1, -0.05) is 41.4 Å². The molecule has 0 aliphatic carbocycles. The standard InChI is InChI=1S/C17H13Cl2N3O2S/c18-15-8-6-12(10-16(15)19)21-17-9-7-13(11-20-17)22-25(23,24)14-4-2-1-3-5-14/h1-11,22H,(H,20,21). The maximum absolute atomic E-state index is 12.3. The molecule has 2 aromatic carbocycles. The third kappa shape index (κ3) is 4.42. The smallest absolute Gasteiger partial charge is 0.261 e. The van der Waals surface area contributed by atoms with Crippen LogP contribution in [0.5, 0.6) is 0 Å². The van der Waals surface area contributed by atoms with Crippen LogP contribution in [0.25, 0.3) is 0 Å². The summed E-state index contributed by atoms with van der Waals surface area (Å²) in [7, 11) is -3.64. The molecule has 128 valence electrons. The molecule has 0 aliphatic rings. The quantitative estimate of drug-likeness (QED) is 0.644. The first kappa shape index (κ1) is 17.5. The second kappa shape index (κ2) is 7.31. The fraction of sp³-hybridized carbons (Fsp3) is 0. The first-order chi connectivity index (χ1) is 11.9. The Bertz CT molecular complexity index is 979. The van der Waals surface area contributed by atoms with Crippen molar-refractivity contribution >= 4 is 50.4 Å². The Balaban J connectivity index is 1.73. The van der Waals surface area contributed by atoms with Gasteiger partial charge in [0.2, 0.25) is 0 Å². The molecule has 0 unspecified atom stereocenters. The molecule has 0 fully saturated rings. The SMILES string of the molecule is O=S(=O)(Nc1ccc(Nc2ccc(Cl)c(Cl)c2)nc1)c1ccccc1. The Labute approximate surface area is 155 Å². The topological polar surface area (TPSA) is 71.1 Å². The van der Waals surface area contributed by atoms with Crippen LogP contribution < -0.4 is 10.0 Å². The van der Waals surface area contributed by atoms with Gasteiger partial charge in [0.1, 0.15) is 5.82 Å². The third-order valence-electron chi connectivity index (χ3n) is 3.26. The predicted molar refractivity (Wildman–Crippen MR) is 101 cm³/mol. The van der Waals surface area contributed by atoms with E-state index in [0.29, 0.717) is 21.6 Å². The number of hydrogen-bond acceptors (Lipinski definition) is 4. The summed E-state index contributed by atoms with van der Waals surface area (Å²) < 4.78 is 27.0. The van der Waals surface area contributed by atoms with Crippen LogP contribution in [0.1, 0.15) is 0 Å². The summed E-state index contributed by atoms with van der Waals surface area (Å²) >= 11 is 11.8. The van der Waals surface area contributed by atoms with Gasteiger partial charge in [-0.3, -0.25) is 4.72 Å². The summed E-state index contributed by atoms with van der Waals surface area (Å²) in [5, 5.41) is 3.96. The second-order valence-corrected chi connectivity index (χ2v) is 7.60. The molecule has 1 heterocycles. The maximum atomic E-state index is 12.3. The zero-order valence-corrected chi connectivity index (χ0v) is 15.1. The van der Waals surface area contributed by atoms with Crippen LogP contribution in [-0.2, 0) is 10.0 Å². The van der Waals surface area contributed by atoms with Gasteiger partial charge >= 0.3 is 0 Å². The van der Waals surface area contributed by atoms with Crippen LogP contribution in [0.3, 0.4) is 0 Å². The van der Waals surface area contributed by atoms with Crippen LogP contribution in [-0.4, -0.2) is 13.4 Å². The number of rotatable bonds is 5. The average Bonchev–Trinajstić information content (AvgIpc) is 2.60. The number of nitrogens with one attached hydrogen (secondary N) is 2. The van der Waals surface area contributed by atoms with Gasteiger partial charge in [-0.2, -0.15) is 0 Å². The van der Waals surface area contributed by atoms with Crippen LogP contribution in [0.15, 0.2) is 71.8 Å². The van der Waals surface area contributed by atoms with Crippen molar-refractivity contribution in [1.82, 2.24) is 4.98 Å². The zero-order chi connectivity index (χ0) is 17.9. The van der Waals surface area contributed by atoms with Crippen LogP contribution in [0, 0.1) is 0 Å². The van der Waals surface area contributed by atoms with Gasteiger partial charge in [0.25, 0.3) is 10.0 Å². The monoisotopic (exact) mass is 393 g/mol. The number of sulfonamides is 1. The summed E-state index contributed by atoms with van der Waals surface area (Å²) in [5.41, 5.74) is 1.09. The number of benzene rings is 2. The molecule has 0 spiro atoms. The minimum absolute atomic E-state index is 0.188. The van der Waals surface area contributed by atoms with E-state index < -0.39 is 10.0 Å². The maximum Gasteiger partial charge on any atom is 0.261 e. The van der Waals surface area contributed by atoms with Gasteiger partial charge in [-0.15, -0.1) is 0 Å². The Morgan fingerprint density at radius 3 is 2.20 bits per heavy atom. The normalized spacial score (nSPS) is 11.1. The molecule has 5 nitrogen and oxygen atoms in total. The number of anilines is 3. The van der Waals surface area contributed by atoms with Gasteiger partial charge in [0.15, 0.2) is 0 Å². The van der Waals surface area contributed by atoms with Gasteiger partial charge < -0.3 is 5.32 Å². The molecule has 3 rings (SSSR count). The highest BCUT2D eigenvalue weighted by Gasteiger charge is 2.13. The first-order valence-corrected chi connectivity index (χ1v) is 9.44. The van der Waals surface area contributed by atoms with Crippen molar-refractivity contribution in [2.24, 2.45) is 0 Å². The van der Waals surface area contributed by atoms with Crippen LogP contribution in [0.2, 0.25) is 10.0 Å². The lowest BCUT2D eigenvalue weighted by Crippen LogP contribution is -2.13. The van der Waals surface area contributed by atoms with Crippen molar-refractivity contribution in [2.75, 3.05) is 10.0 Å². The molecule has 2 N–H and O–H groups in total. The number of hydrogen-bond donors (Lipinski definition) is 2. The highest BCUT2D eigenvalue weighted by Crippen LogP contribution is 2.26. The van der Waals surface area contributed by atoms with E-state index in [0.717, 1.165) is 5.69 Å². The minimum Gasteiger partial charge on any atom is -0.340 e. The van der Waals surface area contributed by atoms with Crippen molar-refractivity contribution < 1.29 is 8.42 Å². The number of aromatic nitrogens is 1. The molecule has 0 saturated heterocycles. The molecular formula is C17H13Cl2N3O2S. The molecule has 0 amide bonds. The second-order valence-electron chi connectivity index (χ2n) is 5.10. The molecular weight excluding hydrogens is 381 g/mol. The lowest BCUT2D eigenvalue weighted by atomic mass is 10.3. The molecule has 8 heteroatoms. The molecule has 3 aromatic rings. The van der Waals surface area contributed by atoms with Gasteiger partial charge in [-0.25, -0.2) is 13.4 Å². The lowest BCUT2D eigenvalue weighted by Gasteiger charge is -2.10. The van der Waals surface area contributed by atoms with E-state index in [1.165, 1.54) is 18.3 Å². The van der Waals surface area contributed by atoms with E-state index in [1.54, 1.807) is 48.5 Å². The zero-order valence-electron chi connectivity index (χ0n) is 12.8. The fourth-order valence-electron chi connectivity index (χ4n) is 2.06. The molecule has 0 aliphatic heterocycles. The van der Waals surface area contributed by atoms with E-state index in [2.05, 4.69) is 15.0 Å². The molecule has 25 heavy (non-hydrogen) atoms. The summed E-state index contributed by atoms with van der Waals surface area (Å²) in [6.45, 7) is 0. The Morgan fingerprint density at radius 2 is 1.56 bits per heavy atom. The Morgan fingerprint density at radius 1 is 0.840 bits per heavy atom. The third-order valence-corrected chi connectivity index (χ3v) is 5.40. The van der Waals surface area contributed by atoms with Crippen molar-refractivity contribution in [3.05, 3.63) is 76.9 Å². The molecule has 0 saturated carbocycles. The van der Waals surface area contributed by atoms with Gasteiger partial charge in [-0.05, 0) is 42.5 Å². The van der Waals surface area contributed by atoms with E-state index in [1.807, 2.05) is 0 Å². The summed E-state index contributed by atoms with van der Waals surface area (Å²) in [5.74, 6) is 0.543. The Hall–Kier alpha value is -2.28. The molecule has 1 aromatic heterocycles. The fourth-order valence-corrected chi connectivity index (χ4v) is 3.43. The highest BCUT2D eigenvalue weighted by molar-refractivity contribution is 7.92. The lowest BCUT2D eigenvalue weighted by molar-refractivity contribution is 0.601. The predicted octanol–water partition coefficient (Wildman–Crippen LogP) is 4.93. The van der Waals surface area contributed by atoms with Crippen molar-refractivity contribution in [3.63, 3.8) is 0 Å². The van der Waals surface area contributed by atoms with E-state index >= 15 is 0 Å². The van der Waals surface area contributed by atoms with Crippen molar-refractivity contribution in [1.29, 1.82) is 0 Å². The van der Waals surface area contributed by atoms with Gasteiger partial charge in [0, 0.05) is 5.69 Å². The number of halogens is 2. The largest absolute Gasteiger partial charge is 0.340 e. The molecule has 0 radical (unpaired) electrons. The van der Waals surface area contributed by atoms with E-state index in [4.69, 9.17) is 23.2 Å². The Kier molecular flexibility index (Phi) is 5.13. The molecule has 0 atom stereocenters. The average molecular weight is 394 g/mol. The summed E-state index contributed by atoms with van der Waals surface area (Å²) in [4.78, 5) is 4.38. The molecule has 0 bridgehead atoms. The van der Waals surface area contributed by atoms with Crippen LogP contribution in [0.4, 0.5) is 17.2 Å². The van der Waals surface area contributed by atoms with E-state index in [-0.39, 0.29) is 4.90 Å². The number of nitrogens with zero attached hydrogens (tertiary/aromatic N) is 1. The first-order valence-electron chi connectivity index (χ1n) is 7.20. The van der Waals surface area contributed by atoms with Crippen LogP contribution >= 0.6 is 23.2 Å². The van der Waals surface area contributed by atoms with E-state index in [9.17, 15) is 8.42 Å². The summed E-state index contributed by atoms with van der Waals surface area (Å²) in [6, 6.07) is 16.5. The minimum atomic E-state index is -3.64. The summed E-state index contributed by atoms with van der Waals surface area (Å²) in [6.07, 6.45) is 1.43. The van der Waals surface area contributed by atoms with Crippen molar-refractivity contribution in [3.8, 4) is 0 Å². The van der Waals surface area contributed by atoms with Gasteiger partial charge in [0.05, 0.1) is 26.8 Å². The number of pyridine rings is 1. The van der Waals surface area contributed by atoms with Crippen molar-refractivity contribution in [2.45, 2.75) is 4.90 Å². The highest BCUT2D eigenvalue weighted by atomic mass is 35.5.